The molecule has 0 unspecified atom stereocenters. The number of hydrogen-bond donors (Lipinski definition) is 3. The average molecular weight is 412 g/mol. The van der Waals surface area contributed by atoms with Crippen LogP contribution in [0.5, 0.6) is 5.75 Å². The molecule has 1 fully saturated rings. The number of rotatable bonds is 4. The number of aromatic amines is 1. The standard InChI is InChI=1S/C23H30FN5O/c1-13(2)20-11-29(23(4,5)12-25-20)10-15-8-19(17-7-6-16(30)9-18(17)24)26-22-21(15)14(3)27-28-22/h6-9,13,20,25,30H,10-12H2,1-5H3,(H,26,27,28)/t20-/m1/s1. The monoisotopic (exact) mass is 411 g/mol. The Morgan fingerprint density at radius 3 is 2.77 bits per heavy atom. The maximum Gasteiger partial charge on any atom is 0.156 e. The second kappa shape index (κ2) is 7.63. The zero-order valence-corrected chi connectivity index (χ0v) is 18.3. The Kier molecular flexibility index (Phi) is 5.28. The topological polar surface area (TPSA) is 77.1 Å². The van der Waals surface area contributed by atoms with Crippen molar-refractivity contribution < 1.29 is 9.50 Å². The Morgan fingerprint density at radius 1 is 1.30 bits per heavy atom. The van der Waals surface area contributed by atoms with Crippen molar-refractivity contribution in [2.24, 2.45) is 5.92 Å². The Bertz CT molecular complexity index is 1070. The molecule has 0 saturated carbocycles. The van der Waals surface area contributed by atoms with Crippen LogP contribution in [0.1, 0.15) is 39.0 Å². The average Bonchev–Trinajstić information content (AvgIpc) is 3.04. The number of pyridine rings is 1. The number of phenolic OH excluding ortho intramolecular Hbond substituents is 1. The zero-order valence-electron chi connectivity index (χ0n) is 18.3. The third-order valence-electron chi connectivity index (χ3n) is 6.26. The lowest BCUT2D eigenvalue weighted by atomic mass is 9.92. The number of aryl methyl sites for hydroxylation is 1. The molecule has 1 aliphatic rings. The van der Waals surface area contributed by atoms with Gasteiger partial charge in [-0.2, -0.15) is 5.10 Å². The highest BCUT2D eigenvalue weighted by atomic mass is 19.1. The molecule has 1 atom stereocenters. The summed E-state index contributed by atoms with van der Waals surface area (Å²) in [6, 6.07) is 6.55. The van der Waals surface area contributed by atoms with Crippen molar-refractivity contribution in [3.05, 3.63) is 41.3 Å². The molecule has 1 aromatic carbocycles. The van der Waals surface area contributed by atoms with Gasteiger partial charge in [0, 0.05) is 48.2 Å². The van der Waals surface area contributed by atoms with Gasteiger partial charge in [0.05, 0.1) is 11.4 Å². The van der Waals surface area contributed by atoms with E-state index in [1.54, 1.807) is 6.07 Å². The first-order valence-corrected chi connectivity index (χ1v) is 10.5. The van der Waals surface area contributed by atoms with Gasteiger partial charge >= 0.3 is 0 Å². The van der Waals surface area contributed by atoms with Crippen molar-refractivity contribution in [3.8, 4) is 17.0 Å². The van der Waals surface area contributed by atoms with Gasteiger partial charge in [-0.1, -0.05) is 13.8 Å². The van der Waals surface area contributed by atoms with Gasteiger partial charge in [0.25, 0.3) is 0 Å². The van der Waals surface area contributed by atoms with Gasteiger partial charge in [-0.05, 0) is 50.5 Å². The largest absolute Gasteiger partial charge is 0.508 e. The predicted octanol–water partition coefficient (Wildman–Crippen LogP) is 3.99. The minimum absolute atomic E-state index is 0.0113. The van der Waals surface area contributed by atoms with E-state index in [1.165, 1.54) is 6.07 Å². The second-order valence-electron chi connectivity index (χ2n) is 9.29. The first kappa shape index (κ1) is 20.8. The van der Waals surface area contributed by atoms with E-state index in [-0.39, 0.29) is 11.3 Å². The third-order valence-corrected chi connectivity index (χ3v) is 6.26. The zero-order chi connectivity index (χ0) is 21.6. The molecule has 3 aromatic rings. The van der Waals surface area contributed by atoms with Crippen molar-refractivity contribution in [1.82, 2.24) is 25.4 Å². The first-order valence-electron chi connectivity index (χ1n) is 10.5. The van der Waals surface area contributed by atoms with Gasteiger partial charge in [0.15, 0.2) is 5.65 Å². The number of piperazine rings is 1. The van der Waals surface area contributed by atoms with Crippen LogP contribution in [0.25, 0.3) is 22.3 Å². The summed E-state index contributed by atoms with van der Waals surface area (Å²) >= 11 is 0. The minimum Gasteiger partial charge on any atom is -0.508 e. The van der Waals surface area contributed by atoms with Crippen LogP contribution in [0.15, 0.2) is 24.3 Å². The molecule has 160 valence electrons. The van der Waals surface area contributed by atoms with Gasteiger partial charge in [-0.25, -0.2) is 9.37 Å². The summed E-state index contributed by atoms with van der Waals surface area (Å²) in [5.74, 6) is -0.0537. The van der Waals surface area contributed by atoms with E-state index < -0.39 is 5.82 Å². The fraction of sp³-hybridized carbons (Fsp3) is 0.478. The number of phenols is 1. The molecule has 30 heavy (non-hydrogen) atoms. The van der Waals surface area contributed by atoms with Crippen LogP contribution < -0.4 is 5.32 Å². The molecule has 7 heteroatoms. The summed E-state index contributed by atoms with van der Waals surface area (Å²) in [6.45, 7) is 13.5. The fourth-order valence-electron chi connectivity index (χ4n) is 4.22. The van der Waals surface area contributed by atoms with Crippen molar-refractivity contribution in [3.63, 3.8) is 0 Å². The van der Waals surface area contributed by atoms with Gasteiger partial charge < -0.3 is 10.4 Å². The van der Waals surface area contributed by atoms with E-state index >= 15 is 0 Å². The summed E-state index contributed by atoms with van der Waals surface area (Å²) in [7, 11) is 0. The molecule has 0 bridgehead atoms. The lowest BCUT2D eigenvalue weighted by Gasteiger charge is -2.47. The number of H-pyrrole nitrogens is 1. The SMILES string of the molecule is Cc1n[nH]c2nc(-c3ccc(O)cc3F)cc(CN3C[C@H](C(C)C)NCC3(C)C)c12. The van der Waals surface area contributed by atoms with Gasteiger partial charge in [0.1, 0.15) is 11.6 Å². The Morgan fingerprint density at radius 2 is 2.07 bits per heavy atom. The van der Waals surface area contributed by atoms with Crippen LogP contribution in [-0.2, 0) is 6.54 Å². The van der Waals surface area contributed by atoms with Crippen LogP contribution in [-0.4, -0.2) is 49.9 Å². The van der Waals surface area contributed by atoms with Crippen molar-refractivity contribution in [1.29, 1.82) is 0 Å². The highest BCUT2D eigenvalue weighted by Gasteiger charge is 2.35. The summed E-state index contributed by atoms with van der Waals surface area (Å²) in [5, 5.41) is 21.6. The van der Waals surface area contributed by atoms with Gasteiger partial charge in [-0.15, -0.1) is 0 Å². The molecule has 4 rings (SSSR count). The fourth-order valence-corrected chi connectivity index (χ4v) is 4.22. The summed E-state index contributed by atoms with van der Waals surface area (Å²) < 4.78 is 14.6. The molecule has 0 radical (unpaired) electrons. The Hall–Kier alpha value is -2.51. The van der Waals surface area contributed by atoms with Crippen LogP contribution >= 0.6 is 0 Å². The number of aromatic nitrogens is 3. The smallest absolute Gasteiger partial charge is 0.156 e. The molecule has 1 saturated heterocycles. The number of aromatic hydroxyl groups is 1. The maximum absolute atomic E-state index is 14.6. The quantitative estimate of drug-likeness (QED) is 0.605. The van der Waals surface area contributed by atoms with Gasteiger partial charge in [0.2, 0.25) is 0 Å². The molecule has 3 N–H and O–H groups in total. The van der Waals surface area contributed by atoms with E-state index in [2.05, 4.69) is 53.1 Å². The van der Waals surface area contributed by atoms with Crippen LogP contribution in [0.3, 0.4) is 0 Å². The molecular formula is C23H30FN5O. The van der Waals surface area contributed by atoms with Crippen LogP contribution in [0.4, 0.5) is 4.39 Å². The molecule has 0 spiro atoms. The molecule has 3 heterocycles. The number of fused-ring (bicyclic) bond motifs is 1. The second-order valence-corrected chi connectivity index (χ2v) is 9.29. The van der Waals surface area contributed by atoms with Crippen molar-refractivity contribution in [2.45, 2.75) is 52.7 Å². The first-order chi connectivity index (χ1) is 14.2. The number of benzene rings is 1. The Balaban J connectivity index is 1.78. The van der Waals surface area contributed by atoms with E-state index in [4.69, 9.17) is 0 Å². The molecule has 1 aliphatic heterocycles. The maximum atomic E-state index is 14.6. The number of halogens is 1. The normalized spacial score (nSPS) is 19.6. The Labute approximate surface area is 176 Å². The number of nitrogens with zero attached hydrogens (tertiary/aromatic N) is 3. The molecule has 6 nitrogen and oxygen atoms in total. The predicted molar refractivity (Wildman–Crippen MR) is 117 cm³/mol. The number of hydrogen-bond acceptors (Lipinski definition) is 5. The highest BCUT2D eigenvalue weighted by Crippen LogP contribution is 2.31. The molecule has 0 amide bonds. The van der Waals surface area contributed by atoms with E-state index in [0.29, 0.717) is 28.9 Å². The molecule has 2 aromatic heterocycles. The van der Waals surface area contributed by atoms with Crippen molar-refractivity contribution >= 4 is 11.0 Å². The third kappa shape index (κ3) is 3.79. The van der Waals surface area contributed by atoms with Crippen LogP contribution in [0, 0.1) is 18.7 Å². The summed E-state index contributed by atoms with van der Waals surface area (Å²) in [5.41, 5.74) is 3.50. The molecular weight excluding hydrogens is 381 g/mol. The number of nitrogens with one attached hydrogen (secondary N) is 2. The molecule has 0 aliphatic carbocycles. The lowest BCUT2D eigenvalue weighted by Crippen LogP contribution is -2.62. The summed E-state index contributed by atoms with van der Waals surface area (Å²) in [4.78, 5) is 7.11. The van der Waals surface area contributed by atoms with Crippen LogP contribution in [0.2, 0.25) is 0 Å². The minimum atomic E-state index is -0.494. The van der Waals surface area contributed by atoms with E-state index in [1.807, 2.05) is 13.0 Å². The van der Waals surface area contributed by atoms with E-state index in [0.717, 1.165) is 42.3 Å². The summed E-state index contributed by atoms with van der Waals surface area (Å²) in [6.07, 6.45) is 0. The van der Waals surface area contributed by atoms with E-state index in [9.17, 15) is 9.50 Å². The van der Waals surface area contributed by atoms with Gasteiger partial charge in [-0.3, -0.25) is 10.00 Å². The van der Waals surface area contributed by atoms with Crippen molar-refractivity contribution in [2.75, 3.05) is 13.1 Å². The highest BCUT2D eigenvalue weighted by molar-refractivity contribution is 5.84. The lowest BCUT2D eigenvalue weighted by molar-refractivity contribution is 0.0478.